The minimum atomic E-state index is -0.195. The Labute approximate surface area is 184 Å². The topological polar surface area (TPSA) is 77.6 Å². The molecule has 4 aromatic rings. The molecule has 0 fully saturated rings. The summed E-state index contributed by atoms with van der Waals surface area (Å²) in [5.41, 5.74) is 3.08. The third kappa shape index (κ3) is 4.09. The van der Waals surface area contributed by atoms with Crippen molar-refractivity contribution in [2.75, 3.05) is 0 Å². The summed E-state index contributed by atoms with van der Waals surface area (Å²) in [6.07, 6.45) is 3.80. The van der Waals surface area contributed by atoms with Crippen LogP contribution in [0.1, 0.15) is 34.0 Å². The average Bonchev–Trinajstić information content (AvgIpc) is 3.50. The van der Waals surface area contributed by atoms with E-state index in [9.17, 15) is 4.79 Å². The van der Waals surface area contributed by atoms with Crippen molar-refractivity contribution in [2.24, 2.45) is 0 Å². The number of rotatable bonds is 6. The Morgan fingerprint density at radius 1 is 1.06 bits per heavy atom. The van der Waals surface area contributed by atoms with E-state index >= 15 is 0 Å². The molecule has 5 rings (SSSR count). The zero-order valence-corrected chi connectivity index (χ0v) is 17.6. The molecule has 1 aliphatic rings. The van der Waals surface area contributed by atoms with Crippen molar-refractivity contribution in [3.63, 3.8) is 0 Å². The molecule has 0 atom stereocenters. The van der Waals surface area contributed by atoms with Gasteiger partial charge in [0.05, 0.1) is 18.7 Å². The maximum absolute atomic E-state index is 13.1. The number of amides is 1. The summed E-state index contributed by atoms with van der Waals surface area (Å²) < 4.78 is 3.88. The van der Waals surface area contributed by atoms with Crippen LogP contribution in [0.5, 0.6) is 0 Å². The molecule has 0 saturated heterocycles. The molecule has 1 N–H and O–H groups in total. The van der Waals surface area contributed by atoms with Gasteiger partial charge in [0.1, 0.15) is 11.5 Å². The maximum atomic E-state index is 13.1. The highest BCUT2D eigenvalue weighted by molar-refractivity contribution is 6.30. The van der Waals surface area contributed by atoms with Crippen LogP contribution in [0.25, 0.3) is 11.3 Å². The predicted octanol–water partition coefficient (Wildman–Crippen LogP) is 3.72. The van der Waals surface area contributed by atoms with Gasteiger partial charge in [-0.15, -0.1) is 10.2 Å². The monoisotopic (exact) mass is 432 g/mol. The molecule has 2 aromatic heterocycles. The van der Waals surface area contributed by atoms with E-state index in [0.29, 0.717) is 29.4 Å². The van der Waals surface area contributed by atoms with Gasteiger partial charge in [-0.25, -0.2) is 0 Å². The van der Waals surface area contributed by atoms with Gasteiger partial charge in [0, 0.05) is 29.7 Å². The SMILES string of the molecule is O=C(NCc1nnc2n1CCC2)c1cn(Cc2ccccc2)nc1-c1ccc(Cl)cc1. The molecule has 0 unspecified atom stereocenters. The Bertz CT molecular complexity index is 1210. The molecule has 1 aliphatic heterocycles. The summed E-state index contributed by atoms with van der Waals surface area (Å²) in [6, 6.07) is 17.4. The van der Waals surface area contributed by atoms with Crippen LogP contribution in [0.15, 0.2) is 60.8 Å². The third-order valence-corrected chi connectivity index (χ3v) is 5.66. The van der Waals surface area contributed by atoms with Gasteiger partial charge in [0.25, 0.3) is 5.91 Å². The molecule has 31 heavy (non-hydrogen) atoms. The molecule has 156 valence electrons. The average molecular weight is 433 g/mol. The van der Waals surface area contributed by atoms with Crippen molar-refractivity contribution in [1.29, 1.82) is 0 Å². The van der Waals surface area contributed by atoms with Crippen molar-refractivity contribution in [3.8, 4) is 11.3 Å². The molecular weight excluding hydrogens is 412 g/mol. The van der Waals surface area contributed by atoms with Crippen LogP contribution in [-0.4, -0.2) is 30.5 Å². The van der Waals surface area contributed by atoms with Crippen molar-refractivity contribution >= 4 is 17.5 Å². The second-order valence-electron chi connectivity index (χ2n) is 7.55. The van der Waals surface area contributed by atoms with E-state index in [-0.39, 0.29) is 5.91 Å². The molecule has 0 spiro atoms. The quantitative estimate of drug-likeness (QED) is 0.503. The van der Waals surface area contributed by atoms with Gasteiger partial charge < -0.3 is 9.88 Å². The van der Waals surface area contributed by atoms with Gasteiger partial charge in [0.15, 0.2) is 5.82 Å². The molecule has 0 bridgehead atoms. The van der Waals surface area contributed by atoms with E-state index in [2.05, 4.69) is 20.1 Å². The largest absolute Gasteiger partial charge is 0.345 e. The molecular formula is C23H21ClN6O. The summed E-state index contributed by atoms with van der Waals surface area (Å²) in [7, 11) is 0. The molecule has 0 saturated carbocycles. The Hall–Kier alpha value is -3.45. The number of carbonyl (C=O) groups excluding carboxylic acids is 1. The van der Waals surface area contributed by atoms with Crippen LogP contribution in [0, 0.1) is 0 Å². The van der Waals surface area contributed by atoms with Crippen molar-refractivity contribution in [2.45, 2.75) is 32.5 Å². The van der Waals surface area contributed by atoms with E-state index in [1.165, 1.54) is 0 Å². The van der Waals surface area contributed by atoms with E-state index in [1.54, 1.807) is 23.0 Å². The number of aryl methyl sites for hydroxylation is 1. The molecule has 0 aliphatic carbocycles. The first-order valence-corrected chi connectivity index (χ1v) is 10.6. The summed E-state index contributed by atoms with van der Waals surface area (Å²) in [5.74, 6) is 1.58. The second-order valence-corrected chi connectivity index (χ2v) is 7.99. The Morgan fingerprint density at radius 3 is 2.68 bits per heavy atom. The highest BCUT2D eigenvalue weighted by Crippen LogP contribution is 2.24. The number of halogens is 1. The number of hydrogen-bond acceptors (Lipinski definition) is 4. The number of benzene rings is 2. The summed E-state index contributed by atoms with van der Waals surface area (Å²) in [5, 5.41) is 16.8. The zero-order valence-electron chi connectivity index (χ0n) is 16.8. The van der Waals surface area contributed by atoms with E-state index in [1.807, 2.05) is 42.5 Å². The maximum Gasteiger partial charge on any atom is 0.255 e. The minimum Gasteiger partial charge on any atom is -0.345 e. The molecule has 8 heteroatoms. The van der Waals surface area contributed by atoms with Crippen LogP contribution < -0.4 is 5.32 Å². The number of nitrogens with zero attached hydrogens (tertiary/aromatic N) is 5. The Morgan fingerprint density at radius 2 is 1.87 bits per heavy atom. The first kappa shape index (κ1) is 19.5. The first-order chi connectivity index (χ1) is 15.2. The summed E-state index contributed by atoms with van der Waals surface area (Å²) >= 11 is 6.05. The molecule has 2 aromatic carbocycles. The van der Waals surface area contributed by atoms with Gasteiger partial charge in [-0.1, -0.05) is 54.1 Å². The molecule has 0 radical (unpaired) electrons. The predicted molar refractivity (Wildman–Crippen MR) is 118 cm³/mol. The lowest BCUT2D eigenvalue weighted by Gasteiger charge is -2.06. The number of aromatic nitrogens is 5. The normalized spacial score (nSPS) is 12.7. The van der Waals surface area contributed by atoms with Gasteiger partial charge in [-0.2, -0.15) is 5.10 Å². The minimum absolute atomic E-state index is 0.195. The Balaban J connectivity index is 1.42. The fourth-order valence-electron chi connectivity index (χ4n) is 3.86. The molecule has 3 heterocycles. The zero-order chi connectivity index (χ0) is 21.2. The number of nitrogens with one attached hydrogen (secondary N) is 1. The van der Waals surface area contributed by atoms with Crippen LogP contribution in [0.2, 0.25) is 5.02 Å². The van der Waals surface area contributed by atoms with Crippen LogP contribution >= 0.6 is 11.6 Å². The summed E-state index contributed by atoms with van der Waals surface area (Å²) in [4.78, 5) is 13.1. The smallest absolute Gasteiger partial charge is 0.255 e. The van der Waals surface area contributed by atoms with Crippen molar-refractivity contribution in [3.05, 3.63) is 88.6 Å². The summed E-state index contributed by atoms with van der Waals surface area (Å²) in [6.45, 7) is 1.81. The molecule has 7 nitrogen and oxygen atoms in total. The lowest BCUT2D eigenvalue weighted by molar-refractivity contribution is 0.0950. The fraction of sp³-hybridized carbons (Fsp3) is 0.217. The Kier molecular flexibility index (Phi) is 5.26. The van der Waals surface area contributed by atoms with Crippen LogP contribution in [0.3, 0.4) is 0 Å². The van der Waals surface area contributed by atoms with Crippen LogP contribution in [-0.2, 0) is 26.1 Å². The van der Waals surface area contributed by atoms with E-state index in [0.717, 1.165) is 42.2 Å². The standard InChI is InChI=1S/C23H21ClN6O/c24-18-10-8-17(9-11-18)22-19(15-29(28-22)14-16-5-2-1-3-6-16)23(31)25-13-21-27-26-20-7-4-12-30(20)21/h1-3,5-6,8-11,15H,4,7,12-14H2,(H,25,31). The highest BCUT2D eigenvalue weighted by Gasteiger charge is 2.21. The van der Waals surface area contributed by atoms with E-state index < -0.39 is 0 Å². The van der Waals surface area contributed by atoms with Gasteiger partial charge in [0.2, 0.25) is 0 Å². The highest BCUT2D eigenvalue weighted by atomic mass is 35.5. The van der Waals surface area contributed by atoms with Crippen molar-refractivity contribution < 1.29 is 4.79 Å². The lowest BCUT2D eigenvalue weighted by atomic mass is 10.1. The first-order valence-electron chi connectivity index (χ1n) is 10.2. The van der Waals surface area contributed by atoms with Gasteiger partial charge >= 0.3 is 0 Å². The van der Waals surface area contributed by atoms with Gasteiger partial charge in [-0.05, 0) is 24.1 Å². The lowest BCUT2D eigenvalue weighted by Crippen LogP contribution is -2.25. The number of fused-ring (bicyclic) bond motifs is 1. The van der Waals surface area contributed by atoms with Gasteiger partial charge in [-0.3, -0.25) is 9.48 Å². The number of carbonyl (C=O) groups is 1. The molecule has 1 amide bonds. The second kappa shape index (κ2) is 8.35. The third-order valence-electron chi connectivity index (χ3n) is 5.40. The fourth-order valence-corrected chi connectivity index (χ4v) is 3.98. The van der Waals surface area contributed by atoms with E-state index in [4.69, 9.17) is 16.7 Å². The van der Waals surface area contributed by atoms with Crippen LogP contribution in [0.4, 0.5) is 0 Å². The van der Waals surface area contributed by atoms with Crippen molar-refractivity contribution in [1.82, 2.24) is 29.9 Å². The number of hydrogen-bond donors (Lipinski definition) is 1.